The van der Waals surface area contributed by atoms with Crippen LogP contribution in [0.3, 0.4) is 0 Å². The number of nitrogens with one attached hydrogen (secondary N) is 1. The van der Waals surface area contributed by atoms with Gasteiger partial charge in [-0.05, 0) is 31.5 Å². The van der Waals surface area contributed by atoms with Gasteiger partial charge in [-0.15, -0.1) is 0 Å². The van der Waals surface area contributed by atoms with Gasteiger partial charge >= 0.3 is 5.97 Å². The van der Waals surface area contributed by atoms with Gasteiger partial charge in [-0.2, -0.15) is 0 Å². The first-order chi connectivity index (χ1) is 9.83. The molecular weight excluding hydrogens is 294 g/mol. The second kappa shape index (κ2) is 5.57. The Bertz CT molecular complexity index is 763. The topological polar surface area (TPSA) is 101 Å². The van der Waals surface area contributed by atoms with Gasteiger partial charge in [-0.3, -0.25) is 4.72 Å². The van der Waals surface area contributed by atoms with Crippen molar-refractivity contribution >= 4 is 21.8 Å². The highest BCUT2D eigenvalue weighted by Gasteiger charge is 2.21. The van der Waals surface area contributed by atoms with Gasteiger partial charge in [0.25, 0.3) is 10.0 Å². The Morgan fingerprint density at radius 3 is 2.62 bits per heavy atom. The molecule has 112 valence electrons. The van der Waals surface area contributed by atoms with E-state index < -0.39 is 16.0 Å². The highest BCUT2D eigenvalue weighted by atomic mass is 32.2. The Morgan fingerprint density at radius 1 is 1.43 bits per heavy atom. The Kier molecular flexibility index (Phi) is 3.99. The molecule has 0 saturated heterocycles. The molecule has 0 aliphatic carbocycles. The van der Waals surface area contributed by atoms with Gasteiger partial charge in [0.05, 0.1) is 0 Å². The molecule has 0 amide bonds. The van der Waals surface area contributed by atoms with Crippen LogP contribution in [-0.2, 0) is 16.6 Å². The van der Waals surface area contributed by atoms with Crippen LogP contribution < -0.4 is 4.72 Å². The standard InChI is InChI=1S/C13H15N3O4S/c1-3-16-8-10(6-11(16)13(17)18)21(19,20)15-12-5-4-9(2)7-14-12/h4-8H,3H2,1-2H3,(H,14,15)(H,17,18). The average molecular weight is 309 g/mol. The third kappa shape index (κ3) is 3.22. The number of aryl methyl sites for hydroxylation is 2. The van der Waals surface area contributed by atoms with Gasteiger partial charge in [-0.1, -0.05) is 6.07 Å². The summed E-state index contributed by atoms with van der Waals surface area (Å²) in [6.45, 7) is 3.93. The number of sulfonamides is 1. The smallest absolute Gasteiger partial charge is 0.352 e. The molecule has 0 spiro atoms. The number of pyridine rings is 1. The molecule has 0 unspecified atom stereocenters. The first-order valence-electron chi connectivity index (χ1n) is 6.22. The predicted octanol–water partition coefficient (Wildman–Crippen LogP) is 1.71. The van der Waals surface area contributed by atoms with Gasteiger partial charge < -0.3 is 9.67 Å². The summed E-state index contributed by atoms with van der Waals surface area (Å²) in [6.07, 6.45) is 2.83. The SMILES string of the molecule is CCn1cc(S(=O)(=O)Nc2ccc(C)cn2)cc1C(=O)O. The lowest BCUT2D eigenvalue weighted by atomic mass is 10.3. The van der Waals surface area contributed by atoms with E-state index in [-0.39, 0.29) is 16.4 Å². The summed E-state index contributed by atoms with van der Waals surface area (Å²) in [5.74, 6) is -0.992. The number of carboxylic acids is 1. The number of hydrogen-bond acceptors (Lipinski definition) is 4. The molecule has 0 fully saturated rings. The first kappa shape index (κ1) is 15.0. The summed E-state index contributed by atoms with van der Waals surface area (Å²) in [6, 6.07) is 4.40. The van der Waals surface area contributed by atoms with E-state index >= 15 is 0 Å². The molecular formula is C13H15N3O4S. The van der Waals surface area contributed by atoms with Crippen molar-refractivity contribution in [3.05, 3.63) is 41.9 Å². The number of anilines is 1. The van der Waals surface area contributed by atoms with Gasteiger partial charge in [0.1, 0.15) is 16.4 Å². The van der Waals surface area contributed by atoms with E-state index in [2.05, 4.69) is 9.71 Å². The van der Waals surface area contributed by atoms with Gasteiger partial charge in [0, 0.05) is 18.9 Å². The zero-order valence-corrected chi connectivity index (χ0v) is 12.4. The molecule has 21 heavy (non-hydrogen) atoms. The van der Waals surface area contributed by atoms with Crippen molar-refractivity contribution in [1.29, 1.82) is 0 Å². The van der Waals surface area contributed by atoms with Crippen molar-refractivity contribution in [2.75, 3.05) is 4.72 Å². The Morgan fingerprint density at radius 2 is 2.14 bits per heavy atom. The minimum atomic E-state index is -3.87. The van der Waals surface area contributed by atoms with Gasteiger partial charge in [-0.25, -0.2) is 18.2 Å². The number of rotatable bonds is 5. The summed E-state index contributed by atoms with van der Waals surface area (Å²) >= 11 is 0. The number of hydrogen-bond donors (Lipinski definition) is 2. The zero-order chi connectivity index (χ0) is 15.6. The summed E-state index contributed by atoms with van der Waals surface area (Å²) in [4.78, 5) is 14.9. The third-order valence-electron chi connectivity index (χ3n) is 2.89. The van der Waals surface area contributed by atoms with Crippen LogP contribution in [0.5, 0.6) is 0 Å². The van der Waals surface area contributed by atoms with Crippen LogP contribution in [0.2, 0.25) is 0 Å². The molecule has 2 aromatic rings. The summed E-state index contributed by atoms with van der Waals surface area (Å²) < 4.78 is 28.1. The zero-order valence-electron chi connectivity index (χ0n) is 11.6. The molecule has 0 saturated carbocycles. The molecule has 2 rings (SSSR count). The van der Waals surface area contributed by atoms with Crippen LogP contribution in [0, 0.1) is 6.92 Å². The Labute approximate surface area is 122 Å². The predicted molar refractivity (Wildman–Crippen MR) is 76.8 cm³/mol. The van der Waals surface area contributed by atoms with Crippen LogP contribution >= 0.6 is 0 Å². The van der Waals surface area contributed by atoms with Gasteiger partial charge in [0.2, 0.25) is 0 Å². The fraction of sp³-hybridized carbons (Fsp3) is 0.231. The summed E-state index contributed by atoms with van der Waals surface area (Å²) in [7, 11) is -3.87. The van der Waals surface area contributed by atoms with Gasteiger partial charge in [0.15, 0.2) is 0 Å². The normalized spacial score (nSPS) is 11.3. The van der Waals surface area contributed by atoms with E-state index in [1.54, 1.807) is 19.1 Å². The molecule has 8 heteroatoms. The van der Waals surface area contributed by atoms with Crippen molar-refractivity contribution in [3.8, 4) is 0 Å². The lowest BCUT2D eigenvalue weighted by molar-refractivity contribution is 0.0685. The maximum absolute atomic E-state index is 12.2. The van der Waals surface area contributed by atoms with E-state index in [1.165, 1.54) is 17.0 Å². The molecule has 2 N–H and O–H groups in total. The van der Waals surface area contributed by atoms with Crippen molar-refractivity contribution in [2.45, 2.75) is 25.3 Å². The number of carboxylic acid groups (broad SMARTS) is 1. The van der Waals surface area contributed by atoms with Crippen LogP contribution in [0.15, 0.2) is 35.5 Å². The number of aromatic nitrogens is 2. The minimum Gasteiger partial charge on any atom is -0.477 e. The van der Waals surface area contributed by atoms with Crippen LogP contribution in [0.1, 0.15) is 23.0 Å². The Hall–Kier alpha value is -2.35. The molecule has 0 aliphatic heterocycles. The fourth-order valence-corrected chi connectivity index (χ4v) is 2.84. The van der Waals surface area contributed by atoms with Crippen LogP contribution in [0.25, 0.3) is 0 Å². The monoisotopic (exact) mass is 309 g/mol. The van der Waals surface area contributed by atoms with E-state index in [0.29, 0.717) is 6.54 Å². The number of nitrogens with zero attached hydrogens (tertiary/aromatic N) is 2. The molecule has 2 heterocycles. The average Bonchev–Trinajstić information content (AvgIpc) is 2.86. The largest absolute Gasteiger partial charge is 0.477 e. The lowest BCUT2D eigenvalue weighted by Gasteiger charge is -2.05. The lowest BCUT2D eigenvalue weighted by Crippen LogP contribution is -2.13. The van der Waals surface area contributed by atoms with E-state index in [0.717, 1.165) is 11.6 Å². The summed E-state index contributed by atoms with van der Waals surface area (Å²) in [5.41, 5.74) is 0.831. The van der Waals surface area contributed by atoms with Crippen molar-refractivity contribution in [2.24, 2.45) is 0 Å². The molecule has 0 bridgehead atoms. The van der Waals surface area contributed by atoms with Crippen molar-refractivity contribution < 1.29 is 18.3 Å². The first-order valence-corrected chi connectivity index (χ1v) is 7.70. The fourth-order valence-electron chi connectivity index (χ4n) is 1.80. The molecule has 0 radical (unpaired) electrons. The van der Waals surface area contributed by atoms with Crippen molar-refractivity contribution in [1.82, 2.24) is 9.55 Å². The number of aromatic carboxylic acids is 1. The highest BCUT2D eigenvalue weighted by molar-refractivity contribution is 7.92. The second-order valence-electron chi connectivity index (χ2n) is 4.48. The maximum atomic E-state index is 12.2. The van der Waals surface area contributed by atoms with E-state index in [1.807, 2.05) is 6.92 Å². The maximum Gasteiger partial charge on any atom is 0.352 e. The molecule has 0 aliphatic rings. The van der Waals surface area contributed by atoms with Crippen molar-refractivity contribution in [3.63, 3.8) is 0 Å². The number of carbonyl (C=O) groups is 1. The quantitative estimate of drug-likeness (QED) is 0.875. The van der Waals surface area contributed by atoms with E-state index in [4.69, 9.17) is 5.11 Å². The minimum absolute atomic E-state index is 0.0743. The Balaban J connectivity index is 2.35. The summed E-state index contributed by atoms with van der Waals surface area (Å²) in [5, 5.41) is 9.05. The van der Waals surface area contributed by atoms with E-state index in [9.17, 15) is 13.2 Å². The molecule has 0 atom stereocenters. The second-order valence-corrected chi connectivity index (χ2v) is 6.16. The molecule has 0 aromatic carbocycles. The van der Waals surface area contributed by atoms with Crippen LogP contribution in [0.4, 0.5) is 5.82 Å². The molecule has 2 aromatic heterocycles. The van der Waals surface area contributed by atoms with Crippen LogP contribution in [-0.4, -0.2) is 29.0 Å². The molecule has 7 nitrogen and oxygen atoms in total. The third-order valence-corrected chi connectivity index (χ3v) is 4.21. The highest BCUT2D eigenvalue weighted by Crippen LogP contribution is 2.18.